The number of benzene rings is 1. The number of anilines is 1. The number of hydrogen-bond acceptors (Lipinski definition) is 7. The van der Waals surface area contributed by atoms with Crippen molar-refractivity contribution in [3.63, 3.8) is 0 Å². The summed E-state index contributed by atoms with van der Waals surface area (Å²) in [5, 5.41) is 6.86. The van der Waals surface area contributed by atoms with Crippen LogP contribution in [0.3, 0.4) is 0 Å². The first kappa shape index (κ1) is 25.6. The number of sulfonamides is 1. The first-order valence-electron chi connectivity index (χ1n) is 11.2. The van der Waals surface area contributed by atoms with Crippen molar-refractivity contribution in [2.24, 2.45) is 5.92 Å². The molecule has 1 aliphatic heterocycles. The first-order valence-corrected chi connectivity index (χ1v) is 12.6. The van der Waals surface area contributed by atoms with Gasteiger partial charge in [-0.3, -0.25) is 14.4 Å². The third kappa shape index (κ3) is 5.71. The molecule has 0 spiro atoms. The highest BCUT2D eigenvalue weighted by Gasteiger charge is 2.34. The molecular formula is C23H30N4O6S. The van der Waals surface area contributed by atoms with Crippen LogP contribution in [0, 0.1) is 5.92 Å². The molecule has 0 aliphatic carbocycles. The highest BCUT2D eigenvalue weighted by atomic mass is 32.2. The number of ketones is 1. The summed E-state index contributed by atoms with van der Waals surface area (Å²) in [5.74, 6) is -1.22. The van der Waals surface area contributed by atoms with E-state index in [0.717, 1.165) is 0 Å². The van der Waals surface area contributed by atoms with Crippen LogP contribution in [0.4, 0.5) is 5.82 Å². The van der Waals surface area contributed by atoms with Crippen LogP contribution in [0.5, 0.6) is 0 Å². The molecule has 1 atom stereocenters. The summed E-state index contributed by atoms with van der Waals surface area (Å²) >= 11 is 0. The molecule has 1 N–H and O–H groups in total. The van der Waals surface area contributed by atoms with E-state index in [1.54, 1.807) is 23.0 Å². The van der Waals surface area contributed by atoms with E-state index in [1.807, 2.05) is 13.8 Å². The fourth-order valence-electron chi connectivity index (χ4n) is 3.73. The largest absolute Gasteiger partial charge is 0.452 e. The van der Waals surface area contributed by atoms with Crippen molar-refractivity contribution in [1.29, 1.82) is 0 Å². The molecule has 1 aromatic carbocycles. The smallest absolute Gasteiger partial charge is 0.309 e. The van der Waals surface area contributed by atoms with E-state index in [0.29, 0.717) is 11.4 Å². The molecule has 0 radical (unpaired) electrons. The number of Topliss-reactive ketones (excluding diaryl/α,β-unsaturated/α-hetero) is 1. The predicted octanol–water partition coefficient (Wildman–Crippen LogP) is 2.64. The maximum absolute atomic E-state index is 13.0. The molecule has 1 amide bonds. The van der Waals surface area contributed by atoms with Crippen LogP contribution in [-0.4, -0.2) is 59.4 Å². The second-order valence-corrected chi connectivity index (χ2v) is 10.5. The molecule has 1 aliphatic rings. The lowest BCUT2D eigenvalue weighted by Crippen LogP contribution is -2.41. The van der Waals surface area contributed by atoms with Crippen molar-refractivity contribution in [1.82, 2.24) is 14.1 Å². The van der Waals surface area contributed by atoms with Gasteiger partial charge in [-0.2, -0.15) is 9.40 Å². The molecule has 2 aromatic rings. The summed E-state index contributed by atoms with van der Waals surface area (Å²) in [6, 6.07) is 7.63. The van der Waals surface area contributed by atoms with E-state index in [9.17, 15) is 22.8 Å². The molecule has 0 unspecified atom stereocenters. The standard InChI is InChI=1S/C23H30N4O6S/c1-15(2)27-21(8-11-24-27)25-22(29)17(4)33-23(30)18-9-12-26(13-10-18)34(31,32)20-7-5-6-19(14-20)16(3)28/h5-8,11,14-15,17-18H,9-10,12-13H2,1-4H3,(H,25,29)/t17-/m1/s1. The maximum Gasteiger partial charge on any atom is 0.309 e. The van der Waals surface area contributed by atoms with Crippen molar-refractivity contribution in [2.75, 3.05) is 18.4 Å². The van der Waals surface area contributed by atoms with Gasteiger partial charge in [0.1, 0.15) is 5.82 Å². The zero-order chi connectivity index (χ0) is 25.0. The Labute approximate surface area is 199 Å². The zero-order valence-corrected chi connectivity index (χ0v) is 20.5. The molecule has 1 saturated heterocycles. The highest BCUT2D eigenvalue weighted by Crippen LogP contribution is 2.26. The highest BCUT2D eigenvalue weighted by molar-refractivity contribution is 7.89. The molecular weight excluding hydrogens is 460 g/mol. The summed E-state index contributed by atoms with van der Waals surface area (Å²) < 4.78 is 34.3. The normalized spacial score (nSPS) is 16.3. The first-order chi connectivity index (χ1) is 16.0. The van der Waals surface area contributed by atoms with Gasteiger partial charge in [0.2, 0.25) is 10.0 Å². The summed E-state index contributed by atoms with van der Waals surface area (Å²) in [6.45, 7) is 7.01. The van der Waals surface area contributed by atoms with Gasteiger partial charge in [0.15, 0.2) is 11.9 Å². The third-order valence-electron chi connectivity index (χ3n) is 5.74. The lowest BCUT2D eigenvalue weighted by atomic mass is 9.98. The Bertz CT molecular complexity index is 1170. The van der Waals surface area contributed by atoms with Gasteiger partial charge in [0.25, 0.3) is 5.91 Å². The number of nitrogens with one attached hydrogen (secondary N) is 1. The van der Waals surface area contributed by atoms with Crippen LogP contribution < -0.4 is 5.32 Å². The molecule has 34 heavy (non-hydrogen) atoms. The van der Waals surface area contributed by atoms with E-state index >= 15 is 0 Å². The minimum atomic E-state index is -3.79. The fraction of sp³-hybridized carbons (Fsp3) is 0.478. The number of nitrogens with zero attached hydrogens (tertiary/aromatic N) is 3. The number of hydrogen-bond donors (Lipinski definition) is 1. The lowest BCUT2D eigenvalue weighted by molar-refractivity contribution is -0.158. The Balaban J connectivity index is 1.56. The average Bonchev–Trinajstić information content (AvgIpc) is 3.27. The van der Waals surface area contributed by atoms with Gasteiger partial charge >= 0.3 is 5.97 Å². The van der Waals surface area contributed by atoms with Gasteiger partial charge < -0.3 is 10.1 Å². The number of carbonyl (C=O) groups excluding carboxylic acids is 3. The van der Waals surface area contributed by atoms with Crippen LogP contribution in [0.2, 0.25) is 0 Å². The van der Waals surface area contributed by atoms with Crippen LogP contribution in [0.25, 0.3) is 0 Å². The number of ether oxygens (including phenoxy) is 1. The minimum absolute atomic E-state index is 0.0483. The van der Waals surface area contributed by atoms with Crippen LogP contribution in [-0.2, 0) is 24.3 Å². The SMILES string of the molecule is CC(=O)c1cccc(S(=O)(=O)N2CCC(C(=O)O[C@H](C)C(=O)Nc3ccnn3C(C)C)CC2)c1. The molecule has 2 heterocycles. The third-order valence-corrected chi connectivity index (χ3v) is 7.63. The van der Waals surface area contributed by atoms with Gasteiger partial charge in [-0.05, 0) is 52.7 Å². The van der Waals surface area contributed by atoms with E-state index in [4.69, 9.17) is 4.74 Å². The van der Waals surface area contributed by atoms with Crippen molar-refractivity contribution >= 4 is 33.5 Å². The summed E-state index contributed by atoms with van der Waals surface area (Å²) in [4.78, 5) is 36.7. The quantitative estimate of drug-likeness (QED) is 0.445. The Morgan fingerprint density at radius 2 is 1.79 bits per heavy atom. The number of rotatable bonds is 8. The van der Waals surface area contributed by atoms with Crippen molar-refractivity contribution in [2.45, 2.75) is 57.6 Å². The van der Waals surface area contributed by atoms with Crippen molar-refractivity contribution < 1.29 is 27.5 Å². The Hall–Kier alpha value is -3.05. The van der Waals surface area contributed by atoms with Gasteiger partial charge in [0, 0.05) is 30.8 Å². The molecule has 0 bridgehead atoms. The molecule has 11 heteroatoms. The number of esters is 1. The molecule has 184 valence electrons. The molecule has 10 nitrogen and oxygen atoms in total. The van der Waals surface area contributed by atoms with Gasteiger partial charge in [-0.1, -0.05) is 12.1 Å². The number of piperidine rings is 1. The van der Waals surface area contributed by atoms with Gasteiger partial charge in [0.05, 0.1) is 17.0 Å². The van der Waals surface area contributed by atoms with Gasteiger partial charge in [-0.25, -0.2) is 13.1 Å². The number of amides is 1. The second-order valence-electron chi connectivity index (χ2n) is 8.59. The maximum atomic E-state index is 13.0. The Kier molecular flexibility index (Phi) is 7.88. The Morgan fingerprint density at radius 3 is 2.41 bits per heavy atom. The van der Waals surface area contributed by atoms with E-state index in [2.05, 4.69) is 10.4 Å². The van der Waals surface area contributed by atoms with Crippen LogP contribution in [0.15, 0.2) is 41.4 Å². The van der Waals surface area contributed by atoms with Crippen LogP contribution >= 0.6 is 0 Å². The summed E-state index contributed by atoms with van der Waals surface area (Å²) in [5.41, 5.74) is 0.322. The molecule has 3 rings (SSSR count). The number of aromatic nitrogens is 2. The van der Waals surface area contributed by atoms with Crippen LogP contribution in [0.1, 0.15) is 56.9 Å². The van der Waals surface area contributed by atoms with Crippen molar-refractivity contribution in [3.8, 4) is 0 Å². The van der Waals surface area contributed by atoms with E-state index in [1.165, 1.54) is 36.4 Å². The predicted molar refractivity (Wildman–Crippen MR) is 125 cm³/mol. The second kappa shape index (κ2) is 10.5. The monoisotopic (exact) mass is 490 g/mol. The Morgan fingerprint density at radius 1 is 1.12 bits per heavy atom. The van der Waals surface area contributed by atoms with Gasteiger partial charge in [-0.15, -0.1) is 0 Å². The van der Waals surface area contributed by atoms with E-state index in [-0.39, 0.29) is 42.7 Å². The van der Waals surface area contributed by atoms with E-state index < -0.39 is 33.9 Å². The lowest BCUT2D eigenvalue weighted by Gasteiger charge is -2.30. The summed E-state index contributed by atoms with van der Waals surface area (Å²) in [6.07, 6.45) is 1.11. The molecule has 1 aromatic heterocycles. The van der Waals surface area contributed by atoms with Crippen molar-refractivity contribution in [3.05, 3.63) is 42.1 Å². The zero-order valence-electron chi connectivity index (χ0n) is 19.7. The molecule has 1 fully saturated rings. The number of carbonyl (C=O) groups is 3. The topological polar surface area (TPSA) is 128 Å². The summed E-state index contributed by atoms with van der Waals surface area (Å²) in [7, 11) is -3.79. The fourth-order valence-corrected chi connectivity index (χ4v) is 5.25. The average molecular weight is 491 g/mol. The molecule has 0 saturated carbocycles. The minimum Gasteiger partial charge on any atom is -0.452 e.